The van der Waals surface area contributed by atoms with Crippen molar-refractivity contribution < 1.29 is 8.42 Å². The Morgan fingerprint density at radius 1 is 1.15 bits per heavy atom. The second kappa shape index (κ2) is 9.05. The normalized spacial score (nSPS) is 23.3. The molecule has 2 bridgehead atoms. The molecule has 27 heavy (non-hydrogen) atoms. The maximum atomic E-state index is 12.5. The molecule has 2 heterocycles. The Morgan fingerprint density at radius 2 is 1.81 bits per heavy atom. The molecule has 6 nitrogen and oxygen atoms in total. The van der Waals surface area contributed by atoms with Crippen LogP contribution in [0, 0.1) is 11.3 Å². The third-order valence-corrected chi connectivity index (χ3v) is 7.57. The van der Waals surface area contributed by atoms with Crippen molar-refractivity contribution in [3.05, 3.63) is 29.8 Å². The lowest BCUT2D eigenvalue weighted by Gasteiger charge is -2.40. The third kappa shape index (κ3) is 5.01. The molecule has 2 aliphatic rings. The maximum absolute atomic E-state index is 12.5. The molecule has 7 heteroatoms. The summed E-state index contributed by atoms with van der Waals surface area (Å²) in [5.41, 5.74) is 1.70. The Labute approximate surface area is 163 Å². The molecule has 0 spiro atoms. The summed E-state index contributed by atoms with van der Waals surface area (Å²) in [5, 5.41) is 12.2. The zero-order chi connectivity index (χ0) is 19.3. The fraction of sp³-hybridized carbons (Fsp3) is 0.650. The van der Waals surface area contributed by atoms with Crippen molar-refractivity contribution in [2.24, 2.45) is 0 Å². The van der Waals surface area contributed by atoms with Gasteiger partial charge in [0.1, 0.15) is 0 Å². The van der Waals surface area contributed by atoms with Crippen LogP contribution in [0.1, 0.15) is 44.6 Å². The number of fused-ring (bicyclic) bond motifs is 2. The Kier molecular flexibility index (Phi) is 6.74. The monoisotopic (exact) mass is 390 g/mol. The molecule has 1 N–H and O–H groups in total. The summed E-state index contributed by atoms with van der Waals surface area (Å²) < 4.78 is 26.8. The first-order valence-electron chi connectivity index (χ1n) is 10.0. The van der Waals surface area contributed by atoms with Gasteiger partial charge in [-0.3, -0.25) is 4.90 Å². The van der Waals surface area contributed by atoms with E-state index in [4.69, 9.17) is 5.26 Å². The molecule has 1 aromatic carbocycles. The molecule has 1 aromatic rings. The number of nitriles is 1. The van der Waals surface area contributed by atoms with E-state index in [2.05, 4.69) is 16.3 Å². The highest BCUT2D eigenvalue weighted by Gasteiger charge is 2.42. The van der Waals surface area contributed by atoms with Gasteiger partial charge < -0.3 is 5.32 Å². The minimum atomic E-state index is -3.09. The smallest absolute Gasteiger partial charge is 0.214 e. The Morgan fingerprint density at radius 3 is 2.41 bits per heavy atom. The molecule has 3 rings (SSSR count). The van der Waals surface area contributed by atoms with Crippen molar-refractivity contribution in [2.75, 3.05) is 37.2 Å². The Hall–Kier alpha value is -1.62. The summed E-state index contributed by atoms with van der Waals surface area (Å²) in [4.78, 5) is 2.52. The van der Waals surface area contributed by atoms with E-state index in [1.165, 1.54) is 0 Å². The number of benzene rings is 1. The van der Waals surface area contributed by atoms with E-state index >= 15 is 0 Å². The number of rotatable bonds is 9. The minimum absolute atomic E-state index is 0.289. The van der Waals surface area contributed by atoms with Gasteiger partial charge in [-0.25, -0.2) is 8.42 Å². The van der Waals surface area contributed by atoms with E-state index in [0.717, 1.165) is 50.9 Å². The van der Waals surface area contributed by atoms with Gasteiger partial charge in [-0.05, 0) is 49.9 Å². The minimum Gasteiger partial charge on any atom is -0.385 e. The number of hydrogen-bond donors (Lipinski definition) is 1. The zero-order valence-corrected chi connectivity index (χ0v) is 16.9. The molecular formula is C20H30N4O2S. The topological polar surface area (TPSA) is 76.4 Å². The maximum Gasteiger partial charge on any atom is 0.214 e. The average Bonchev–Trinajstić information content (AvgIpc) is 2.90. The molecule has 0 radical (unpaired) electrons. The van der Waals surface area contributed by atoms with E-state index in [0.29, 0.717) is 30.7 Å². The molecule has 2 unspecified atom stereocenters. The van der Waals surface area contributed by atoms with E-state index in [9.17, 15) is 8.42 Å². The zero-order valence-electron chi connectivity index (χ0n) is 16.1. The van der Waals surface area contributed by atoms with E-state index in [-0.39, 0.29) is 5.75 Å². The van der Waals surface area contributed by atoms with E-state index in [1.807, 2.05) is 31.2 Å². The SMILES string of the molecule is CCCCS(=O)(=O)N1CC2CCC(C1)N2CCCNc1ccc(C#N)cc1. The summed E-state index contributed by atoms with van der Waals surface area (Å²) in [5.74, 6) is 0.289. The van der Waals surface area contributed by atoms with Crippen molar-refractivity contribution in [3.8, 4) is 6.07 Å². The van der Waals surface area contributed by atoms with Crippen LogP contribution in [-0.4, -0.2) is 61.6 Å². The number of nitrogens with zero attached hydrogens (tertiary/aromatic N) is 3. The summed E-state index contributed by atoms with van der Waals surface area (Å²) in [6, 6.07) is 10.4. The van der Waals surface area contributed by atoms with Gasteiger partial charge in [0.2, 0.25) is 10.0 Å². The van der Waals surface area contributed by atoms with Crippen LogP contribution >= 0.6 is 0 Å². The number of hydrogen-bond acceptors (Lipinski definition) is 5. The first kappa shape index (κ1) is 20.1. The van der Waals surface area contributed by atoms with Crippen molar-refractivity contribution in [1.29, 1.82) is 5.26 Å². The van der Waals surface area contributed by atoms with Crippen LogP contribution in [0.4, 0.5) is 5.69 Å². The number of unbranched alkanes of at least 4 members (excludes halogenated alkanes) is 1. The highest BCUT2D eigenvalue weighted by atomic mass is 32.2. The summed E-state index contributed by atoms with van der Waals surface area (Å²) in [7, 11) is -3.09. The van der Waals surface area contributed by atoms with Crippen molar-refractivity contribution in [2.45, 2.75) is 51.1 Å². The van der Waals surface area contributed by atoms with Crippen LogP contribution < -0.4 is 5.32 Å². The fourth-order valence-corrected chi connectivity index (χ4v) is 5.87. The second-order valence-electron chi connectivity index (χ2n) is 7.58. The van der Waals surface area contributed by atoms with Crippen molar-refractivity contribution >= 4 is 15.7 Å². The molecule has 0 amide bonds. The summed E-state index contributed by atoms with van der Waals surface area (Å²) >= 11 is 0. The molecule has 0 aromatic heterocycles. The van der Waals surface area contributed by atoms with E-state index in [1.54, 1.807) is 4.31 Å². The number of piperazine rings is 1. The molecule has 148 valence electrons. The van der Waals surface area contributed by atoms with Gasteiger partial charge in [0.25, 0.3) is 0 Å². The van der Waals surface area contributed by atoms with Gasteiger partial charge in [-0.15, -0.1) is 0 Å². The molecule has 2 aliphatic heterocycles. The summed E-state index contributed by atoms with van der Waals surface area (Å²) in [6.45, 7) is 5.22. The number of sulfonamides is 1. The van der Waals surface area contributed by atoms with Gasteiger partial charge in [0, 0.05) is 44.0 Å². The van der Waals surface area contributed by atoms with Crippen LogP contribution in [-0.2, 0) is 10.0 Å². The molecule has 2 atom stereocenters. The van der Waals surface area contributed by atoms with Crippen LogP contribution in [0.3, 0.4) is 0 Å². The quantitative estimate of drug-likeness (QED) is 0.656. The number of anilines is 1. The first-order chi connectivity index (χ1) is 13.0. The second-order valence-corrected chi connectivity index (χ2v) is 9.67. The fourth-order valence-electron chi connectivity index (χ4n) is 4.16. The average molecular weight is 391 g/mol. The largest absolute Gasteiger partial charge is 0.385 e. The summed E-state index contributed by atoms with van der Waals surface area (Å²) in [6.07, 6.45) is 4.90. The molecule has 0 saturated carbocycles. The lowest BCUT2D eigenvalue weighted by atomic mass is 10.2. The van der Waals surface area contributed by atoms with Gasteiger partial charge in [0.15, 0.2) is 0 Å². The van der Waals surface area contributed by atoms with Gasteiger partial charge in [-0.1, -0.05) is 13.3 Å². The lowest BCUT2D eigenvalue weighted by Crippen LogP contribution is -2.55. The highest BCUT2D eigenvalue weighted by molar-refractivity contribution is 7.89. The van der Waals surface area contributed by atoms with E-state index < -0.39 is 10.0 Å². The van der Waals surface area contributed by atoms with Gasteiger partial charge in [0.05, 0.1) is 17.4 Å². The van der Waals surface area contributed by atoms with Crippen molar-refractivity contribution in [1.82, 2.24) is 9.21 Å². The molecule has 0 aliphatic carbocycles. The van der Waals surface area contributed by atoms with Crippen LogP contribution in [0.15, 0.2) is 24.3 Å². The predicted octanol–water partition coefficient (Wildman–Crippen LogP) is 2.64. The molecule has 2 fully saturated rings. The highest BCUT2D eigenvalue weighted by Crippen LogP contribution is 2.31. The third-order valence-electron chi connectivity index (χ3n) is 5.69. The Balaban J connectivity index is 1.45. The lowest BCUT2D eigenvalue weighted by molar-refractivity contribution is 0.110. The molecular weight excluding hydrogens is 360 g/mol. The number of nitrogens with one attached hydrogen (secondary N) is 1. The first-order valence-corrected chi connectivity index (χ1v) is 11.6. The van der Waals surface area contributed by atoms with Crippen LogP contribution in [0.25, 0.3) is 0 Å². The van der Waals surface area contributed by atoms with Crippen LogP contribution in [0.5, 0.6) is 0 Å². The van der Waals surface area contributed by atoms with Gasteiger partial charge >= 0.3 is 0 Å². The molecule has 2 saturated heterocycles. The standard InChI is InChI=1S/C20H30N4O2S/c1-2-3-13-27(25,26)23-15-19-9-10-20(16-23)24(19)12-4-11-22-18-7-5-17(14-21)6-8-18/h5-8,19-20,22H,2-4,9-13,15-16H2,1H3. The predicted molar refractivity (Wildman–Crippen MR) is 108 cm³/mol. The van der Waals surface area contributed by atoms with Crippen LogP contribution in [0.2, 0.25) is 0 Å². The van der Waals surface area contributed by atoms with Crippen molar-refractivity contribution in [3.63, 3.8) is 0 Å². The van der Waals surface area contributed by atoms with Gasteiger partial charge in [-0.2, -0.15) is 9.57 Å². The Bertz CT molecular complexity index is 743.